The number of benzene rings is 1. The van der Waals surface area contributed by atoms with Crippen LogP contribution in [0.4, 0.5) is 8.78 Å². The van der Waals surface area contributed by atoms with Crippen LogP contribution in [-0.2, 0) is 19.7 Å². The summed E-state index contributed by atoms with van der Waals surface area (Å²) in [6.45, 7) is 0.484. The zero-order valence-corrected chi connectivity index (χ0v) is 10.4. The van der Waals surface area contributed by atoms with Gasteiger partial charge in [-0.15, -0.1) is 0 Å². The Morgan fingerprint density at radius 3 is 2.58 bits per heavy atom. The molecule has 6 heteroatoms. The Morgan fingerprint density at radius 2 is 2.00 bits per heavy atom. The molecule has 0 aliphatic carbocycles. The standard InChI is InChI=1S/C13H14F2O4/c1-18-12(17)13(2-4-19-5-3-13)9-6-8(14)7-10(16)11(9)15/h6-7,16H,2-5H2,1H3. The third kappa shape index (κ3) is 2.28. The lowest BCUT2D eigenvalue weighted by molar-refractivity contribution is -0.151. The Balaban J connectivity index is 2.58. The lowest BCUT2D eigenvalue weighted by Crippen LogP contribution is -2.43. The average molecular weight is 272 g/mol. The van der Waals surface area contributed by atoms with E-state index >= 15 is 0 Å². The van der Waals surface area contributed by atoms with Crippen molar-refractivity contribution in [3.63, 3.8) is 0 Å². The van der Waals surface area contributed by atoms with E-state index in [4.69, 9.17) is 9.47 Å². The van der Waals surface area contributed by atoms with Gasteiger partial charge in [0, 0.05) is 24.8 Å². The van der Waals surface area contributed by atoms with Gasteiger partial charge in [0.25, 0.3) is 0 Å². The Labute approximate surface area is 108 Å². The molecule has 0 radical (unpaired) electrons. The second-order valence-corrected chi connectivity index (χ2v) is 4.47. The number of phenols is 1. The molecule has 1 fully saturated rings. The average Bonchev–Trinajstić information content (AvgIpc) is 2.42. The van der Waals surface area contributed by atoms with Crippen LogP contribution in [0.15, 0.2) is 12.1 Å². The molecule has 0 saturated carbocycles. The molecule has 19 heavy (non-hydrogen) atoms. The Hall–Kier alpha value is -1.69. The maximum atomic E-state index is 14.0. The smallest absolute Gasteiger partial charge is 0.316 e. The van der Waals surface area contributed by atoms with E-state index in [2.05, 4.69) is 0 Å². The molecule has 0 amide bonds. The molecule has 0 spiro atoms. The van der Waals surface area contributed by atoms with Crippen molar-refractivity contribution in [2.24, 2.45) is 0 Å². The first-order chi connectivity index (χ1) is 9.01. The number of aromatic hydroxyl groups is 1. The first-order valence-electron chi connectivity index (χ1n) is 5.86. The highest BCUT2D eigenvalue weighted by molar-refractivity contribution is 5.83. The molecular formula is C13H14F2O4. The summed E-state index contributed by atoms with van der Waals surface area (Å²) in [4.78, 5) is 12.0. The van der Waals surface area contributed by atoms with Gasteiger partial charge in [0.1, 0.15) is 11.2 Å². The largest absolute Gasteiger partial charge is 0.505 e. The summed E-state index contributed by atoms with van der Waals surface area (Å²) in [5.74, 6) is -3.26. The molecule has 1 N–H and O–H groups in total. The van der Waals surface area contributed by atoms with Gasteiger partial charge < -0.3 is 14.6 Å². The third-order valence-corrected chi connectivity index (χ3v) is 3.46. The van der Waals surface area contributed by atoms with Crippen LogP contribution in [0.25, 0.3) is 0 Å². The summed E-state index contributed by atoms with van der Waals surface area (Å²) >= 11 is 0. The van der Waals surface area contributed by atoms with E-state index < -0.39 is 28.8 Å². The number of esters is 1. The molecule has 1 aliphatic heterocycles. The van der Waals surface area contributed by atoms with Crippen molar-refractivity contribution in [1.29, 1.82) is 0 Å². The van der Waals surface area contributed by atoms with Crippen LogP contribution in [0.1, 0.15) is 18.4 Å². The number of methoxy groups -OCH3 is 1. The highest BCUT2D eigenvalue weighted by Crippen LogP contribution is 2.39. The molecule has 1 saturated heterocycles. The normalized spacial score (nSPS) is 18.1. The number of halogens is 2. The molecule has 1 aliphatic rings. The predicted molar refractivity (Wildman–Crippen MR) is 61.8 cm³/mol. The Bertz CT molecular complexity index is 496. The van der Waals surface area contributed by atoms with E-state index in [0.29, 0.717) is 6.07 Å². The second kappa shape index (κ2) is 5.13. The predicted octanol–water partition coefficient (Wildman–Crippen LogP) is 1.89. The molecule has 0 bridgehead atoms. The van der Waals surface area contributed by atoms with Gasteiger partial charge in [-0.25, -0.2) is 8.78 Å². The van der Waals surface area contributed by atoms with Crippen LogP contribution >= 0.6 is 0 Å². The van der Waals surface area contributed by atoms with Gasteiger partial charge in [-0.2, -0.15) is 0 Å². The molecule has 0 atom stereocenters. The zero-order valence-electron chi connectivity index (χ0n) is 10.4. The van der Waals surface area contributed by atoms with E-state index in [-0.39, 0.29) is 31.6 Å². The van der Waals surface area contributed by atoms with Crippen molar-refractivity contribution >= 4 is 5.97 Å². The first-order valence-corrected chi connectivity index (χ1v) is 5.86. The van der Waals surface area contributed by atoms with Gasteiger partial charge in [-0.1, -0.05) is 0 Å². The van der Waals surface area contributed by atoms with Crippen LogP contribution in [0, 0.1) is 11.6 Å². The van der Waals surface area contributed by atoms with E-state index in [9.17, 15) is 18.7 Å². The summed E-state index contributed by atoms with van der Waals surface area (Å²) in [5.41, 5.74) is -1.49. The SMILES string of the molecule is COC(=O)C1(c2cc(F)cc(O)c2F)CCOCC1. The van der Waals surface area contributed by atoms with E-state index in [0.717, 1.165) is 6.07 Å². The quantitative estimate of drug-likeness (QED) is 0.835. The molecule has 4 nitrogen and oxygen atoms in total. The van der Waals surface area contributed by atoms with E-state index in [1.165, 1.54) is 7.11 Å². The summed E-state index contributed by atoms with van der Waals surface area (Å²) in [6.07, 6.45) is 0.360. The van der Waals surface area contributed by atoms with Crippen LogP contribution in [0.5, 0.6) is 5.75 Å². The van der Waals surface area contributed by atoms with Crippen molar-refractivity contribution in [2.45, 2.75) is 18.3 Å². The van der Waals surface area contributed by atoms with Crippen molar-refractivity contribution in [1.82, 2.24) is 0 Å². The first kappa shape index (κ1) is 13.7. The fraction of sp³-hybridized carbons (Fsp3) is 0.462. The monoisotopic (exact) mass is 272 g/mol. The topological polar surface area (TPSA) is 55.8 Å². The summed E-state index contributed by atoms with van der Waals surface area (Å²) in [6, 6.07) is 1.60. The number of carbonyl (C=O) groups excluding carboxylic acids is 1. The van der Waals surface area contributed by atoms with Crippen molar-refractivity contribution < 1.29 is 28.2 Å². The maximum absolute atomic E-state index is 14.0. The molecule has 0 unspecified atom stereocenters. The lowest BCUT2D eigenvalue weighted by atomic mass is 9.73. The molecule has 1 heterocycles. The van der Waals surface area contributed by atoms with E-state index in [1.54, 1.807) is 0 Å². The molecule has 1 aromatic rings. The number of hydrogen-bond acceptors (Lipinski definition) is 4. The van der Waals surface area contributed by atoms with Crippen molar-refractivity contribution in [3.8, 4) is 5.75 Å². The van der Waals surface area contributed by atoms with Gasteiger partial charge in [0.2, 0.25) is 0 Å². The fourth-order valence-corrected chi connectivity index (χ4v) is 2.42. The van der Waals surface area contributed by atoms with Gasteiger partial charge in [-0.3, -0.25) is 4.79 Å². The molecule has 104 valence electrons. The summed E-state index contributed by atoms with van der Waals surface area (Å²) < 4.78 is 37.3. The van der Waals surface area contributed by atoms with Crippen LogP contribution in [-0.4, -0.2) is 31.4 Å². The fourth-order valence-electron chi connectivity index (χ4n) is 2.42. The van der Waals surface area contributed by atoms with Crippen LogP contribution < -0.4 is 0 Å². The molecule has 2 rings (SSSR count). The van der Waals surface area contributed by atoms with Gasteiger partial charge >= 0.3 is 5.97 Å². The Morgan fingerprint density at radius 1 is 1.37 bits per heavy atom. The number of hydrogen-bond donors (Lipinski definition) is 1. The zero-order chi connectivity index (χ0) is 14.0. The lowest BCUT2D eigenvalue weighted by Gasteiger charge is -2.35. The maximum Gasteiger partial charge on any atom is 0.316 e. The van der Waals surface area contributed by atoms with Gasteiger partial charge in [0.05, 0.1) is 7.11 Å². The minimum atomic E-state index is -1.31. The third-order valence-electron chi connectivity index (χ3n) is 3.46. The van der Waals surface area contributed by atoms with Gasteiger partial charge in [-0.05, 0) is 18.9 Å². The molecule has 1 aromatic carbocycles. The Kier molecular flexibility index (Phi) is 3.71. The molecule has 0 aromatic heterocycles. The van der Waals surface area contributed by atoms with Gasteiger partial charge in [0.15, 0.2) is 11.6 Å². The highest BCUT2D eigenvalue weighted by atomic mass is 19.1. The second-order valence-electron chi connectivity index (χ2n) is 4.47. The number of ether oxygens (including phenoxy) is 2. The van der Waals surface area contributed by atoms with Crippen molar-refractivity contribution in [2.75, 3.05) is 20.3 Å². The van der Waals surface area contributed by atoms with Crippen LogP contribution in [0.2, 0.25) is 0 Å². The number of rotatable bonds is 2. The molecular weight excluding hydrogens is 258 g/mol. The summed E-state index contributed by atoms with van der Waals surface area (Å²) in [7, 11) is 1.19. The van der Waals surface area contributed by atoms with Crippen LogP contribution in [0.3, 0.4) is 0 Å². The number of phenolic OH excluding ortho intramolecular Hbond substituents is 1. The minimum absolute atomic E-state index is 0.180. The van der Waals surface area contributed by atoms with E-state index in [1.807, 2.05) is 0 Å². The highest BCUT2D eigenvalue weighted by Gasteiger charge is 2.45. The minimum Gasteiger partial charge on any atom is -0.505 e. The summed E-state index contributed by atoms with van der Waals surface area (Å²) in [5, 5.41) is 9.38. The number of carbonyl (C=O) groups is 1. The van der Waals surface area contributed by atoms with Crippen molar-refractivity contribution in [3.05, 3.63) is 29.3 Å².